The summed E-state index contributed by atoms with van der Waals surface area (Å²) in [5, 5.41) is -0.0218. The second-order valence-corrected chi connectivity index (χ2v) is 4.58. The van der Waals surface area contributed by atoms with E-state index < -0.39 is 5.82 Å². The third-order valence-corrected chi connectivity index (χ3v) is 3.08. The van der Waals surface area contributed by atoms with E-state index in [2.05, 4.69) is 15.9 Å². The Labute approximate surface area is 111 Å². The molecule has 1 aromatic heterocycles. The molecule has 1 aromatic carbocycles. The van der Waals surface area contributed by atoms with Gasteiger partial charge in [-0.05, 0) is 39.7 Å². The highest BCUT2D eigenvalue weighted by Crippen LogP contribution is 2.22. The molecule has 0 fully saturated rings. The number of rotatable bonds is 3. The van der Waals surface area contributed by atoms with Crippen LogP contribution >= 0.6 is 27.5 Å². The Morgan fingerprint density at radius 3 is 2.76 bits per heavy atom. The molecule has 1 heterocycles. The average molecular weight is 318 g/mol. The number of halogens is 3. The van der Waals surface area contributed by atoms with Crippen LogP contribution < -0.4 is 0 Å². The lowest BCUT2D eigenvalue weighted by atomic mass is 10.1. The SMILES string of the molecule is O=C(Cc1cccc(F)c1Cl)c1ccc(Br)o1. The molecule has 0 atom stereocenters. The van der Waals surface area contributed by atoms with Gasteiger partial charge in [-0.3, -0.25) is 4.79 Å². The van der Waals surface area contributed by atoms with Crippen LogP contribution in [0.15, 0.2) is 39.4 Å². The van der Waals surface area contributed by atoms with Crippen molar-refractivity contribution in [3.8, 4) is 0 Å². The van der Waals surface area contributed by atoms with Gasteiger partial charge in [0.15, 0.2) is 10.4 Å². The molecular formula is C12H7BrClFO2. The fraction of sp³-hybridized carbons (Fsp3) is 0.0833. The van der Waals surface area contributed by atoms with Gasteiger partial charge in [-0.15, -0.1) is 0 Å². The topological polar surface area (TPSA) is 30.2 Å². The molecule has 0 saturated carbocycles. The van der Waals surface area contributed by atoms with Crippen LogP contribution in [0.25, 0.3) is 0 Å². The molecule has 0 aliphatic rings. The monoisotopic (exact) mass is 316 g/mol. The van der Waals surface area contributed by atoms with Gasteiger partial charge >= 0.3 is 0 Å². The summed E-state index contributed by atoms with van der Waals surface area (Å²) >= 11 is 8.87. The lowest BCUT2D eigenvalue weighted by Gasteiger charge is -2.02. The molecule has 0 aliphatic heterocycles. The number of carbonyl (C=O) groups is 1. The van der Waals surface area contributed by atoms with Crippen molar-refractivity contribution in [2.45, 2.75) is 6.42 Å². The molecule has 0 spiro atoms. The number of furan rings is 1. The summed E-state index contributed by atoms with van der Waals surface area (Å²) < 4.78 is 18.8. The Balaban J connectivity index is 2.21. The van der Waals surface area contributed by atoms with Gasteiger partial charge in [-0.2, -0.15) is 0 Å². The van der Waals surface area contributed by atoms with Crippen LogP contribution in [0, 0.1) is 5.82 Å². The number of Topliss-reactive ketones (excluding diaryl/α,β-unsaturated/α-hetero) is 1. The number of hydrogen-bond acceptors (Lipinski definition) is 2. The lowest BCUT2D eigenvalue weighted by Crippen LogP contribution is -2.03. The second-order valence-electron chi connectivity index (χ2n) is 3.42. The largest absolute Gasteiger partial charge is 0.446 e. The van der Waals surface area contributed by atoms with Gasteiger partial charge in [0.05, 0.1) is 5.02 Å². The van der Waals surface area contributed by atoms with Gasteiger partial charge < -0.3 is 4.42 Å². The molecule has 0 radical (unpaired) electrons. The van der Waals surface area contributed by atoms with Crippen LogP contribution in [0.3, 0.4) is 0 Å². The zero-order valence-electron chi connectivity index (χ0n) is 8.54. The maximum atomic E-state index is 13.2. The summed E-state index contributed by atoms with van der Waals surface area (Å²) in [5.41, 5.74) is 0.448. The van der Waals surface area contributed by atoms with Crippen molar-refractivity contribution in [3.63, 3.8) is 0 Å². The Bertz CT molecular complexity index is 565. The summed E-state index contributed by atoms with van der Waals surface area (Å²) in [6, 6.07) is 7.56. The molecule has 0 bridgehead atoms. The first-order chi connectivity index (χ1) is 8.08. The molecule has 5 heteroatoms. The molecule has 2 aromatic rings. The molecule has 88 valence electrons. The Morgan fingerprint density at radius 1 is 1.35 bits per heavy atom. The van der Waals surface area contributed by atoms with Gasteiger partial charge in [0.1, 0.15) is 5.82 Å². The van der Waals surface area contributed by atoms with E-state index in [1.165, 1.54) is 12.1 Å². The van der Waals surface area contributed by atoms with Crippen molar-refractivity contribution in [1.82, 2.24) is 0 Å². The maximum Gasteiger partial charge on any atom is 0.202 e. The smallest absolute Gasteiger partial charge is 0.202 e. The second kappa shape index (κ2) is 5.02. The minimum atomic E-state index is -0.530. The van der Waals surface area contributed by atoms with Gasteiger partial charge in [0.2, 0.25) is 5.78 Å². The minimum absolute atomic E-state index is 0.0105. The number of ketones is 1. The van der Waals surface area contributed by atoms with Crippen LogP contribution in [0.4, 0.5) is 4.39 Å². The van der Waals surface area contributed by atoms with E-state index in [1.807, 2.05) is 0 Å². The molecule has 17 heavy (non-hydrogen) atoms. The van der Waals surface area contributed by atoms with Crippen molar-refractivity contribution in [1.29, 1.82) is 0 Å². The summed E-state index contributed by atoms with van der Waals surface area (Å²) in [5.74, 6) is -0.557. The van der Waals surface area contributed by atoms with Gasteiger partial charge in [-0.25, -0.2) is 4.39 Å². The highest BCUT2D eigenvalue weighted by atomic mass is 79.9. The zero-order valence-corrected chi connectivity index (χ0v) is 10.9. The summed E-state index contributed by atoms with van der Waals surface area (Å²) in [7, 11) is 0. The molecule has 0 saturated heterocycles. The molecule has 0 unspecified atom stereocenters. The predicted molar refractivity (Wildman–Crippen MR) is 65.9 cm³/mol. The molecule has 2 rings (SSSR count). The van der Waals surface area contributed by atoms with E-state index in [0.717, 1.165) is 0 Å². The van der Waals surface area contributed by atoms with Gasteiger partial charge in [-0.1, -0.05) is 23.7 Å². The highest BCUT2D eigenvalue weighted by molar-refractivity contribution is 9.10. The zero-order chi connectivity index (χ0) is 12.4. The molecule has 0 aliphatic carbocycles. The van der Waals surface area contributed by atoms with Crippen molar-refractivity contribution < 1.29 is 13.6 Å². The summed E-state index contributed by atoms with van der Waals surface area (Å²) in [6.45, 7) is 0. The number of carbonyl (C=O) groups excluding carboxylic acids is 1. The van der Waals surface area contributed by atoms with E-state index in [4.69, 9.17) is 16.0 Å². The Kier molecular flexibility index (Phi) is 3.64. The van der Waals surface area contributed by atoms with E-state index in [-0.39, 0.29) is 23.0 Å². The standard InChI is InChI=1S/C12H7BrClFO2/c13-11-5-4-10(17-11)9(16)6-7-2-1-3-8(15)12(7)14/h1-5H,6H2. The Hall–Kier alpha value is -1.13. The van der Waals surface area contributed by atoms with Crippen molar-refractivity contribution in [3.05, 3.63) is 57.2 Å². The molecule has 2 nitrogen and oxygen atoms in total. The quantitative estimate of drug-likeness (QED) is 0.792. The third-order valence-electron chi connectivity index (χ3n) is 2.23. The molecule has 0 amide bonds. The maximum absolute atomic E-state index is 13.2. The van der Waals surface area contributed by atoms with Crippen LogP contribution in [-0.2, 0) is 6.42 Å². The van der Waals surface area contributed by atoms with Crippen LogP contribution in [0.1, 0.15) is 16.1 Å². The minimum Gasteiger partial charge on any atom is -0.446 e. The predicted octanol–water partition coefficient (Wildman–Crippen LogP) is 4.26. The fourth-order valence-electron chi connectivity index (χ4n) is 1.41. The van der Waals surface area contributed by atoms with Gasteiger partial charge in [0.25, 0.3) is 0 Å². The Morgan fingerprint density at radius 2 is 2.12 bits per heavy atom. The molecule has 0 N–H and O–H groups in total. The van der Waals surface area contributed by atoms with E-state index in [1.54, 1.807) is 18.2 Å². The van der Waals surface area contributed by atoms with E-state index in [0.29, 0.717) is 10.2 Å². The first-order valence-electron chi connectivity index (χ1n) is 4.79. The lowest BCUT2D eigenvalue weighted by molar-refractivity contribution is 0.0965. The highest BCUT2D eigenvalue weighted by Gasteiger charge is 2.14. The van der Waals surface area contributed by atoms with Crippen LogP contribution in [-0.4, -0.2) is 5.78 Å². The third kappa shape index (κ3) is 2.76. The van der Waals surface area contributed by atoms with Crippen molar-refractivity contribution in [2.24, 2.45) is 0 Å². The van der Waals surface area contributed by atoms with Crippen LogP contribution in [0.5, 0.6) is 0 Å². The van der Waals surface area contributed by atoms with E-state index in [9.17, 15) is 9.18 Å². The average Bonchev–Trinajstić information content (AvgIpc) is 2.72. The normalized spacial score (nSPS) is 10.5. The summed E-state index contributed by atoms with van der Waals surface area (Å²) in [4.78, 5) is 11.8. The number of hydrogen-bond donors (Lipinski definition) is 0. The summed E-state index contributed by atoms with van der Waals surface area (Å²) in [6.07, 6.45) is 0.0105. The first-order valence-corrected chi connectivity index (χ1v) is 5.96. The van der Waals surface area contributed by atoms with Crippen molar-refractivity contribution in [2.75, 3.05) is 0 Å². The van der Waals surface area contributed by atoms with Crippen molar-refractivity contribution >= 4 is 33.3 Å². The molecular weight excluding hydrogens is 310 g/mol. The van der Waals surface area contributed by atoms with Gasteiger partial charge in [0, 0.05) is 6.42 Å². The van der Waals surface area contributed by atoms with Crippen LogP contribution in [0.2, 0.25) is 5.02 Å². The first kappa shape index (κ1) is 12.3. The fourth-order valence-corrected chi connectivity index (χ4v) is 1.91. The van der Waals surface area contributed by atoms with E-state index >= 15 is 0 Å². The number of benzene rings is 1.